The van der Waals surface area contributed by atoms with Crippen molar-refractivity contribution >= 4 is 16.9 Å². The fourth-order valence-corrected chi connectivity index (χ4v) is 5.65. The number of aryl methyl sites for hydroxylation is 1. The van der Waals surface area contributed by atoms with Crippen molar-refractivity contribution < 1.29 is 19.0 Å². The highest BCUT2D eigenvalue weighted by molar-refractivity contribution is 5.83. The monoisotopic (exact) mass is 507 g/mol. The number of unbranched alkanes of at least 4 members (excludes halogenated alkanes) is 1. The molecule has 3 heterocycles. The molecule has 1 unspecified atom stereocenters. The van der Waals surface area contributed by atoms with Crippen molar-refractivity contribution in [3.63, 3.8) is 0 Å². The summed E-state index contributed by atoms with van der Waals surface area (Å²) in [6, 6.07) is 11.4. The minimum absolute atomic E-state index is 0.170. The van der Waals surface area contributed by atoms with E-state index in [1.54, 1.807) is 25.6 Å². The number of hydrogen-bond donors (Lipinski definition) is 1. The van der Waals surface area contributed by atoms with E-state index in [1.165, 1.54) is 5.56 Å². The minimum Gasteiger partial charge on any atom is -0.497 e. The van der Waals surface area contributed by atoms with E-state index < -0.39 is 12.1 Å². The van der Waals surface area contributed by atoms with Crippen molar-refractivity contribution in [2.45, 2.75) is 57.5 Å². The summed E-state index contributed by atoms with van der Waals surface area (Å²) >= 11 is 0. The van der Waals surface area contributed by atoms with Crippen molar-refractivity contribution in [3.05, 3.63) is 66.1 Å². The molecule has 3 aromatic rings. The number of carboxylic acid groups (broad SMARTS) is 1. The highest BCUT2D eigenvalue weighted by Gasteiger charge is 2.30. The van der Waals surface area contributed by atoms with Gasteiger partial charge in [-0.25, -0.2) is 4.39 Å². The van der Waals surface area contributed by atoms with Crippen LogP contribution >= 0.6 is 0 Å². The topological polar surface area (TPSA) is 75.5 Å². The van der Waals surface area contributed by atoms with Crippen LogP contribution in [0.25, 0.3) is 10.9 Å². The molecule has 0 aliphatic carbocycles. The Kier molecular flexibility index (Phi) is 9.83. The summed E-state index contributed by atoms with van der Waals surface area (Å²) in [6.07, 6.45) is 10.5. The molecule has 7 heteroatoms. The second-order valence-corrected chi connectivity index (χ2v) is 10.2. The largest absolute Gasteiger partial charge is 0.497 e. The number of alkyl halides is 1. The van der Waals surface area contributed by atoms with Gasteiger partial charge in [0.1, 0.15) is 11.9 Å². The molecular weight excluding hydrogens is 469 g/mol. The van der Waals surface area contributed by atoms with E-state index in [1.807, 2.05) is 30.5 Å². The average Bonchev–Trinajstić information content (AvgIpc) is 2.93. The Balaban J connectivity index is 1.32. The predicted molar refractivity (Wildman–Crippen MR) is 143 cm³/mol. The molecule has 1 aromatic carbocycles. The van der Waals surface area contributed by atoms with Gasteiger partial charge in [-0.2, -0.15) is 0 Å². The molecule has 4 rings (SSSR count). The summed E-state index contributed by atoms with van der Waals surface area (Å²) < 4.78 is 20.9. The zero-order valence-electron chi connectivity index (χ0n) is 21.7. The van der Waals surface area contributed by atoms with E-state index in [-0.39, 0.29) is 12.3 Å². The van der Waals surface area contributed by atoms with E-state index in [4.69, 9.17) is 4.74 Å². The van der Waals surface area contributed by atoms with Gasteiger partial charge >= 0.3 is 5.97 Å². The molecule has 6 nitrogen and oxygen atoms in total. The maximum Gasteiger partial charge on any atom is 0.303 e. The number of aromatic nitrogens is 2. The summed E-state index contributed by atoms with van der Waals surface area (Å²) in [4.78, 5) is 22.3. The lowest BCUT2D eigenvalue weighted by molar-refractivity contribution is -0.137. The fourth-order valence-electron chi connectivity index (χ4n) is 5.65. The van der Waals surface area contributed by atoms with E-state index >= 15 is 4.39 Å². The van der Waals surface area contributed by atoms with Gasteiger partial charge in [-0.15, -0.1) is 0 Å². The van der Waals surface area contributed by atoms with Crippen LogP contribution in [0.2, 0.25) is 0 Å². The summed E-state index contributed by atoms with van der Waals surface area (Å²) in [5.41, 5.74) is 2.68. The maximum atomic E-state index is 15.5. The van der Waals surface area contributed by atoms with Crippen molar-refractivity contribution in [2.24, 2.45) is 11.8 Å². The minimum atomic E-state index is -1.09. The number of halogens is 1. The van der Waals surface area contributed by atoms with Crippen LogP contribution in [-0.2, 0) is 11.2 Å². The van der Waals surface area contributed by atoms with Crippen LogP contribution < -0.4 is 4.74 Å². The van der Waals surface area contributed by atoms with E-state index in [0.29, 0.717) is 30.1 Å². The normalized spacial score (nSPS) is 19.1. The number of methoxy groups -OCH3 is 1. The van der Waals surface area contributed by atoms with Crippen molar-refractivity contribution in [1.29, 1.82) is 0 Å². The fraction of sp³-hybridized carbons (Fsp3) is 0.500. The number of nitrogens with zero attached hydrogens (tertiary/aromatic N) is 3. The van der Waals surface area contributed by atoms with Crippen molar-refractivity contribution in [3.8, 4) is 5.75 Å². The zero-order chi connectivity index (χ0) is 26.0. The number of ether oxygens (including phenoxy) is 1. The highest BCUT2D eigenvalue weighted by atomic mass is 19.1. The molecule has 2 aromatic heterocycles. The molecule has 1 saturated heterocycles. The van der Waals surface area contributed by atoms with Crippen LogP contribution in [0.5, 0.6) is 5.75 Å². The van der Waals surface area contributed by atoms with Crippen molar-refractivity contribution in [2.75, 3.05) is 26.7 Å². The molecule has 3 atom stereocenters. The summed E-state index contributed by atoms with van der Waals surface area (Å²) in [7, 11) is 1.61. The lowest BCUT2D eigenvalue weighted by Crippen LogP contribution is -2.41. The first-order chi connectivity index (χ1) is 18.0. The molecule has 37 heavy (non-hydrogen) atoms. The number of benzene rings is 1. The Morgan fingerprint density at radius 2 is 2.08 bits per heavy atom. The van der Waals surface area contributed by atoms with Gasteiger partial charge in [0.15, 0.2) is 0 Å². The second-order valence-electron chi connectivity index (χ2n) is 10.2. The molecule has 198 valence electrons. The predicted octanol–water partition coefficient (Wildman–Crippen LogP) is 6.26. The molecule has 1 aliphatic heterocycles. The quantitative estimate of drug-likeness (QED) is 0.276. The second kappa shape index (κ2) is 13.5. The maximum absolute atomic E-state index is 15.5. The van der Waals surface area contributed by atoms with Crippen molar-refractivity contribution in [1.82, 2.24) is 14.9 Å². The molecule has 0 radical (unpaired) electrons. The van der Waals surface area contributed by atoms with Crippen LogP contribution in [0.4, 0.5) is 4.39 Å². The van der Waals surface area contributed by atoms with Gasteiger partial charge in [0, 0.05) is 36.9 Å². The third-order valence-electron chi connectivity index (χ3n) is 7.73. The standard InChI is InChI=1S/C30H38FN3O3/c1-37-25-9-11-29-27(19-25)26(13-16-33-29)28(31)10-7-23-14-18-34(21-24(23)8-12-30(35)36)17-3-2-5-22-6-4-15-32-20-22/h4,6,9,11,13,15-16,19-20,23-24,28H,2-3,5,7-8,10,12,14,17-18,21H2,1H3,(H,35,36)/t23-,24+,28?/m1/s1. The van der Waals surface area contributed by atoms with E-state index in [9.17, 15) is 9.90 Å². The molecule has 1 aliphatic rings. The van der Waals surface area contributed by atoms with Gasteiger partial charge < -0.3 is 14.7 Å². The Hall–Kier alpha value is -3.06. The lowest BCUT2D eigenvalue weighted by atomic mass is 9.79. The first-order valence-electron chi connectivity index (χ1n) is 13.4. The average molecular weight is 508 g/mol. The van der Waals surface area contributed by atoms with Crippen LogP contribution in [0.3, 0.4) is 0 Å². The van der Waals surface area contributed by atoms with Crippen LogP contribution in [0.15, 0.2) is 55.0 Å². The Morgan fingerprint density at radius 3 is 2.86 bits per heavy atom. The number of aliphatic carboxylic acids is 1. The summed E-state index contributed by atoms with van der Waals surface area (Å²) in [6.45, 7) is 2.91. The Bertz CT molecular complexity index is 1140. The number of carbonyl (C=O) groups is 1. The molecule has 0 bridgehead atoms. The molecule has 0 amide bonds. The van der Waals surface area contributed by atoms with Gasteiger partial charge in [-0.3, -0.25) is 14.8 Å². The number of pyridine rings is 2. The molecule has 1 fully saturated rings. The summed E-state index contributed by atoms with van der Waals surface area (Å²) in [5, 5.41) is 10.1. The number of piperidine rings is 1. The van der Waals surface area contributed by atoms with Gasteiger partial charge in [0.2, 0.25) is 0 Å². The van der Waals surface area contributed by atoms with Gasteiger partial charge in [-0.1, -0.05) is 6.07 Å². The Morgan fingerprint density at radius 1 is 1.19 bits per heavy atom. The number of fused-ring (bicyclic) bond motifs is 1. The molecule has 0 spiro atoms. The molecular formula is C30H38FN3O3. The zero-order valence-corrected chi connectivity index (χ0v) is 21.7. The van der Waals surface area contributed by atoms with Crippen LogP contribution in [0.1, 0.15) is 62.2 Å². The van der Waals surface area contributed by atoms with Gasteiger partial charge in [0.25, 0.3) is 0 Å². The number of rotatable bonds is 13. The third kappa shape index (κ3) is 7.71. The Labute approximate surface area is 218 Å². The van der Waals surface area contributed by atoms with Crippen LogP contribution in [0, 0.1) is 11.8 Å². The SMILES string of the molecule is COc1ccc2nccc(C(F)CC[C@@H]3CCN(CCCCc4cccnc4)C[C@@H]3CCC(=O)O)c2c1. The number of likely N-dealkylation sites (tertiary alicyclic amines) is 1. The van der Waals surface area contributed by atoms with Crippen LogP contribution in [-0.4, -0.2) is 52.7 Å². The highest BCUT2D eigenvalue weighted by Crippen LogP contribution is 2.36. The first kappa shape index (κ1) is 27.0. The number of hydrogen-bond acceptors (Lipinski definition) is 5. The van der Waals surface area contributed by atoms with Gasteiger partial charge in [0.05, 0.1) is 12.6 Å². The van der Waals surface area contributed by atoms with Gasteiger partial charge in [-0.05, 0) is 111 Å². The lowest BCUT2D eigenvalue weighted by Gasteiger charge is -2.39. The molecule has 0 saturated carbocycles. The smallest absolute Gasteiger partial charge is 0.303 e. The third-order valence-corrected chi connectivity index (χ3v) is 7.73. The molecule has 1 N–H and O–H groups in total. The number of carboxylic acids is 1. The van der Waals surface area contributed by atoms with E-state index in [2.05, 4.69) is 20.9 Å². The first-order valence-corrected chi connectivity index (χ1v) is 13.4. The summed E-state index contributed by atoms with van der Waals surface area (Å²) in [5.74, 6) is 0.555. The van der Waals surface area contributed by atoms with E-state index in [0.717, 1.165) is 62.6 Å².